The van der Waals surface area contributed by atoms with E-state index in [1.807, 2.05) is 12.1 Å². The Hall–Kier alpha value is -2.16. The monoisotopic (exact) mass is 416 g/mol. The third-order valence-corrected chi connectivity index (χ3v) is 6.89. The predicted octanol–water partition coefficient (Wildman–Crippen LogP) is 1.81. The topological polar surface area (TPSA) is 77.8 Å². The molecule has 2 aliphatic heterocycles. The summed E-state index contributed by atoms with van der Waals surface area (Å²) in [7, 11) is 2.10. The van der Waals surface area contributed by atoms with Gasteiger partial charge in [-0.15, -0.1) is 11.3 Å². The van der Waals surface area contributed by atoms with Gasteiger partial charge in [-0.05, 0) is 43.5 Å². The summed E-state index contributed by atoms with van der Waals surface area (Å²) in [4.78, 5) is 31.0. The molecule has 3 atom stereocenters. The number of hydrogen-bond donors (Lipinski definition) is 2. The molecule has 3 unspecified atom stereocenters. The smallest absolute Gasteiger partial charge is 0.239 e. The van der Waals surface area contributed by atoms with E-state index >= 15 is 0 Å². The molecular formula is C21H28N4O3S. The molecule has 0 spiro atoms. The highest BCUT2D eigenvalue weighted by molar-refractivity contribution is 7.09. The van der Waals surface area contributed by atoms with Gasteiger partial charge in [0, 0.05) is 43.0 Å². The number of hydrogen-bond acceptors (Lipinski definition) is 6. The second-order valence-electron chi connectivity index (χ2n) is 7.81. The molecule has 2 N–H and O–H groups in total. The lowest BCUT2D eigenvalue weighted by Gasteiger charge is -2.33. The van der Waals surface area contributed by atoms with E-state index in [0.29, 0.717) is 19.5 Å². The summed E-state index contributed by atoms with van der Waals surface area (Å²) in [6.45, 7) is 2.73. The van der Waals surface area contributed by atoms with Crippen molar-refractivity contribution in [1.82, 2.24) is 20.4 Å². The molecule has 0 saturated carbocycles. The summed E-state index contributed by atoms with van der Waals surface area (Å²) < 4.78 is 5.24. The minimum atomic E-state index is -0.125. The van der Waals surface area contributed by atoms with E-state index < -0.39 is 0 Å². The van der Waals surface area contributed by atoms with Gasteiger partial charge in [-0.2, -0.15) is 0 Å². The maximum atomic E-state index is 12.8. The lowest BCUT2D eigenvalue weighted by Crippen LogP contribution is -2.49. The molecule has 4 heterocycles. The van der Waals surface area contributed by atoms with Crippen LogP contribution in [0.15, 0.2) is 40.3 Å². The maximum Gasteiger partial charge on any atom is 0.239 e. The summed E-state index contributed by atoms with van der Waals surface area (Å²) in [6, 6.07) is 8.06. The van der Waals surface area contributed by atoms with Crippen molar-refractivity contribution in [2.45, 2.75) is 50.5 Å². The van der Waals surface area contributed by atoms with Crippen molar-refractivity contribution in [3.63, 3.8) is 0 Å². The number of fused-ring (bicyclic) bond motifs is 1. The van der Waals surface area contributed by atoms with Crippen LogP contribution in [-0.2, 0) is 22.7 Å². The van der Waals surface area contributed by atoms with Gasteiger partial charge in [0.2, 0.25) is 11.8 Å². The number of likely N-dealkylation sites (N-methyl/N-ethyl adjacent to an activating group) is 1. The minimum absolute atomic E-state index is 0.00710. The van der Waals surface area contributed by atoms with Crippen molar-refractivity contribution >= 4 is 23.2 Å². The number of nitrogens with zero attached hydrogens (tertiary/aromatic N) is 2. The molecule has 29 heavy (non-hydrogen) atoms. The van der Waals surface area contributed by atoms with Crippen molar-refractivity contribution in [3.05, 3.63) is 46.5 Å². The summed E-state index contributed by atoms with van der Waals surface area (Å²) in [5.41, 5.74) is 0. The summed E-state index contributed by atoms with van der Waals surface area (Å²) in [6.07, 6.45) is 3.72. The van der Waals surface area contributed by atoms with Crippen LogP contribution >= 0.6 is 11.3 Å². The Morgan fingerprint density at radius 1 is 1.38 bits per heavy atom. The molecule has 2 saturated heterocycles. The van der Waals surface area contributed by atoms with Crippen LogP contribution in [0, 0.1) is 0 Å². The van der Waals surface area contributed by atoms with Crippen LogP contribution in [-0.4, -0.2) is 59.9 Å². The minimum Gasteiger partial charge on any atom is -0.467 e. The fraction of sp³-hybridized carbons (Fsp3) is 0.524. The number of furan rings is 1. The molecule has 2 aromatic heterocycles. The van der Waals surface area contributed by atoms with Crippen LogP contribution in [0.3, 0.4) is 0 Å². The zero-order valence-corrected chi connectivity index (χ0v) is 17.5. The van der Waals surface area contributed by atoms with E-state index in [9.17, 15) is 9.59 Å². The first kappa shape index (κ1) is 20.1. The fourth-order valence-electron chi connectivity index (χ4n) is 4.41. The van der Waals surface area contributed by atoms with Crippen molar-refractivity contribution in [3.8, 4) is 0 Å². The third kappa shape index (κ3) is 4.71. The van der Waals surface area contributed by atoms with E-state index in [0.717, 1.165) is 31.7 Å². The molecular weight excluding hydrogens is 388 g/mol. The average molecular weight is 417 g/mol. The van der Waals surface area contributed by atoms with Gasteiger partial charge >= 0.3 is 0 Å². The molecule has 2 aromatic rings. The molecule has 0 bridgehead atoms. The second kappa shape index (κ2) is 9.11. The number of likely N-dealkylation sites (tertiary alicyclic amines) is 1. The van der Waals surface area contributed by atoms with Gasteiger partial charge in [0.1, 0.15) is 11.8 Å². The molecule has 156 valence electrons. The van der Waals surface area contributed by atoms with E-state index in [1.165, 1.54) is 4.88 Å². The molecule has 2 aliphatic rings. The van der Waals surface area contributed by atoms with E-state index in [4.69, 9.17) is 4.42 Å². The van der Waals surface area contributed by atoms with Crippen LogP contribution in [0.1, 0.15) is 29.9 Å². The number of carbonyl (C=O) groups is 2. The van der Waals surface area contributed by atoms with Gasteiger partial charge < -0.3 is 15.1 Å². The number of nitrogens with one attached hydrogen (secondary N) is 2. The van der Waals surface area contributed by atoms with E-state index in [1.54, 1.807) is 17.6 Å². The van der Waals surface area contributed by atoms with Crippen LogP contribution in [0.2, 0.25) is 0 Å². The second-order valence-corrected chi connectivity index (χ2v) is 8.84. The van der Waals surface area contributed by atoms with E-state index in [-0.39, 0.29) is 29.9 Å². The number of carbonyl (C=O) groups excluding carboxylic acids is 2. The first-order chi connectivity index (χ1) is 14.1. The molecule has 2 amide bonds. The Labute approximate surface area is 175 Å². The highest BCUT2D eigenvalue weighted by atomic mass is 32.1. The Bertz CT molecular complexity index is 808. The standard InChI is InChI=1S/C21H28N4O3S/c1-24-15(6-7-19(26)22-13-16-4-2-10-28-16)12-23-21(27)20-18(24)8-9-25(20)14-17-5-3-11-29-17/h2-5,10-11,15,18,20H,6-9,12-14H2,1H3,(H,22,26)(H,23,27). The molecule has 2 fully saturated rings. The Morgan fingerprint density at radius 2 is 2.28 bits per heavy atom. The maximum absolute atomic E-state index is 12.8. The molecule has 0 aromatic carbocycles. The van der Waals surface area contributed by atoms with Gasteiger partial charge in [0.25, 0.3) is 0 Å². The number of amides is 2. The third-order valence-electron chi connectivity index (χ3n) is 6.03. The predicted molar refractivity (Wildman–Crippen MR) is 111 cm³/mol. The SMILES string of the molecule is CN1C(CCC(=O)NCc2ccco2)CNC(=O)C2C1CCN2Cc1cccs1. The lowest BCUT2D eigenvalue weighted by molar-refractivity contribution is -0.126. The van der Waals surface area contributed by atoms with Crippen LogP contribution in [0.25, 0.3) is 0 Å². The van der Waals surface area contributed by atoms with Crippen molar-refractivity contribution in [1.29, 1.82) is 0 Å². The fourth-order valence-corrected chi connectivity index (χ4v) is 5.14. The normalized spacial score (nSPS) is 25.4. The highest BCUT2D eigenvalue weighted by Gasteiger charge is 2.44. The quantitative estimate of drug-likeness (QED) is 0.720. The van der Waals surface area contributed by atoms with Crippen molar-refractivity contribution in [2.75, 3.05) is 20.1 Å². The molecule has 7 nitrogen and oxygen atoms in total. The molecule has 4 rings (SSSR count). The number of thiophene rings is 1. The largest absolute Gasteiger partial charge is 0.467 e. The first-order valence-electron chi connectivity index (χ1n) is 10.2. The number of rotatable bonds is 7. The van der Waals surface area contributed by atoms with Crippen molar-refractivity contribution < 1.29 is 14.0 Å². The van der Waals surface area contributed by atoms with Gasteiger partial charge in [0.15, 0.2) is 0 Å². The summed E-state index contributed by atoms with van der Waals surface area (Å²) in [5.74, 6) is 0.866. The Morgan fingerprint density at radius 3 is 3.03 bits per heavy atom. The highest BCUT2D eigenvalue weighted by Crippen LogP contribution is 2.29. The first-order valence-corrected chi connectivity index (χ1v) is 11.0. The molecule has 0 aliphatic carbocycles. The zero-order chi connectivity index (χ0) is 20.2. The molecule has 8 heteroatoms. The lowest BCUT2D eigenvalue weighted by atomic mass is 10.0. The van der Waals surface area contributed by atoms with Crippen LogP contribution in [0.4, 0.5) is 0 Å². The molecule has 0 radical (unpaired) electrons. The van der Waals surface area contributed by atoms with E-state index in [2.05, 4.69) is 45.0 Å². The van der Waals surface area contributed by atoms with Gasteiger partial charge in [-0.1, -0.05) is 6.07 Å². The van der Waals surface area contributed by atoms with Gasteiger partial charge in [-0.25, -0.2) is 0 Å². The summed E-state index contributed by atoms with van der Waals surface area (Å²) in [5, 5.41) is 8.09. The summed E-state index contributed by atoms with van der Waals surface area (Å²) >= 11 is 1.73. The van der Waals surface area contributed by atoms with Gasteiger partial charge in [-0.3, -0.25) is 19.4 Å². The van der Waals surface area contributed by atoms with Crippen molar-refractivity contribution in [2.24, 2.45) is 0 Å². The zero-order valence-electron chi connectivity index (χ0n) is 16.7. The Kier molecular flexibility index (Phi) is 6.32. The van der Waals surface area contributed by atoms with Gasteiger partial charge in [0.05, 0.1) is 12.8 Å². The average Bonchev–Trinajstić information content (AvgIpc) is 3.47. The van der Waals surface area contributed by atoms with Crippen LogP contribution in [0.5, 0.6) is 0 Å². The Balaban J connectivity index is 1.32. The van der Waals surface area contributed by atoms with Crippen LogP contribution < -0.4 is 10.6 Å².